The van der Waals surface area contributed by atoms with Crippen molar-refractivity contribution in [2.45, 2.75) is 50.6 Å². The second kappa shape index (κ2) is 5.11. The maximum atomic E-state index is 11.5. The van der Waals surface area contributed by atoms with E-state index in [1.54, 1.807) is 4.90 Å². The molecule has 6 nitrogen and oxygen atoms in total. The third kappa shape index (κ3) is 2.28. The number of likely N-dealkylation sites (tertiary alicyclic amines) is 3. The third-order valence-electron chi connectivity index (χ3n) is 6.39. The molecule has 1 spiro atoms. The molecule has 1 saturated carbocycles. The molecule has 6 heteroatoms. The molecule has 4 fully saturated rings. The number of piperidine rings is 1. The summed E-state index contributed by atoms with van der Waals surface area (Å²) in [7, 11) is 0. The smallest absolute Gasteiger partial charge is 0.407 e. The molecule has 3 aliphatic heterocycles. The molecule has 122 valence electrons. The molecule has 1 aliphatic carbocycles. The molecule has 3 saturated heterocycles. The lowest BCUT2D eigenvalue weighted by Crippen LogP contribution is -2.58. The van der Waals surface area contributed by atoms with Crippen molar-refractivity contribution in [3.05, 3.63) is 0 Å². The fraction of sp³-hybridized carbons (Fsp3) is 0.875. The Morgan fingerprint density at radius 2 is 1.82 bits per heavy atom. The number of carbonyl (C=O) groups excluding carboxylic acids is 1. The molecular weight excluding hydrogens is 282 g/mol. The van der Waals surface area contributed by atoms with Crippen molar-refractivity contribution in [3.63, 3.8) is 0 Å². The summed E-state index contributed by atoms with van der Waals surface area (Å²) in [6.45, 7) is 4.59. The standard InChI is InChI=1S/C16H25N3O3/c20-14-3-7-19(14)12-1-5-17(6-2-12)13-9-16(10-13)4-8-18(11-16)15(21)22/h12-13H,1-11H2,(H,21,22). The van der Waals surface area contributed by atoms with Crippen molar-refractivity contribution in [1.82, 2.24) is 14.7 Å². The van der Waals surface area contributed by atoms with Crippen molar-refractivity contribution in [2.75, 3.05) is 32.7 Å². The van der Waals surface area contributed by atoms with E-state index in [1.165, 1.54) is 0 Å². The second-order valence-electron chi connectivity index (χ2n) is 7.62. The van der Waals surface area contributed by atoms with Crippen LogP contribution in [0.1, 0.15) is 38.5 Å². The number of hydrogen-bond acceptors (Lipinski definition) is 3. The Morgan fingerprint density at radius 3 is 2.32 bits per heavy atom. The van der Waals surface area contributed by atoms with Crippen LogP contribution in [-0.4, -0.2) is 76.6 Å². The van der Waals surface area contributed by atoms with Gasteiger partial charge in [-0.25, -0.2) is 4.79 Å². The minimum Gasteiger partial charge on any atom is -0.465 e. The highest BCUT2D eigenvalue weighted by Gasteiger charge is 2.51. The van der Waals surface area contributed by atoms with Crippen LogP contribution in [0.4, 0.5) is 4.79 Å². The zero-order valence-electron chi connectivity index (χ0n) is 13.0. The Labute approximate surface area is 131 Å². The van der Waals surface area contributed by atoms with Gasteiger partial charge in [0.1, 0.15) is 0 Å². The first-order valence-corrected chi connectivity index (χ1v) is 8.58. The van der Waals surface area contributed by atoms with Crippen molar-refractivity contribution < 1.29 is 14.7 Å². The number of rotatable bonds is 2. The van der Waals surface area contributed by atoms with E-state index in [0.717, 1.165) is 64.7 Å². The molecule has 1 N–H and O–H groups in total. The van der Waals surface area contributed by atoms with Gasteiger partial charge in [-0.3, -0.25) is 4.79 Å². The Kier molecular flexibility index (Phi) is 3.33. The predicted molar refractivity (Wildman–Crippen MR) is 80.6 cm³/mol. The first-order chi connectivity index (χ1) is 10.6. The normalized spacial score (nSPS) is 36.5. The van der Waals surface area contributed by atoms with Crippen LogP contribution < -0.4 is 0 Å². The Morgan fingerprint density at radius 1 is 1.09 bits per heavy atom. The van der Waals surface area contributed by atoms with Crippen LogP contribution in [0.3, 0.4) is 0 Å². The van der Waals surface area contributed by atoms with Gasteiger partial charge in [0, 0.05) is 51.2 Å². The average Bonchev–Trinajstić information content (AvgIpc) is 2.91. The highest BCUT2D eigenvalue weighted by Crippen LogP contribution is 2.50. The maximum Gasteiger partial charge on any atom is 0.407 e. The summed E-state index contributed by atoms with van der Waals surface area (Å²) < 4.78 is 0. The van der Waals surface area contributed by atoms with Gasteiger partial charge in [-0.2, -0.15) is 0 Å². The first kappa shape index (κ1) is 14.3. The van der Waals surface area contributed by atoms with E-state index in [9.17, 15) is 9.59 Å². The van der Waals surface area contributed by atoms with Crippen LogP contribution >= 0.6 is 0 Å². The van der Waals surface area contributed by atoms with Crippen molar-refractivity contribution in [2.24, 2.45) is 5.41 Å². The summed E-state index contributed by atoms with van der Waals surface area (Å²) in [5, 5.41) is 9.09. The second-order valence-corrected chi connectivity index (χ2v) is 7.62. The molecule has 4 rings (SSSR count). The number of carbonyl (C=O) groups is 2. The molecule has 0 aromatic heterocycles. The lowest BCUT2D eigenvalue weighted by atomic mass is 9.64. The minimum atomic E-state index is -0.764. The SMILES string of the molecule is O=C(O)N1CCC2(CC(N3CCC(N4CCC4=O)CC3)C2)C1. The van der Waals surface area contributed by atoms with Gasteiger partial charge in [-0.15, -0.1) is 0 Å². The number of β-lactam (4-membered cyclic amide) rings is 1. The van der Waals surface area contributed by atoms with Crippen LogP contribution in [0.2, 0.25) is 0 Å². The van der Waals surface area contributed by atoms with Gasteiger partial charge in [0.15, 0.2) is 0 Å². The Hall–Kier alpha value is -1.30. The molecule has 0 bridgehead atoms. The van der Waals surface area contributed by atoms with E-state index in [-0.39, 0.29) is 5.41 Å². The maximum absolute atomic E-state index is 11.5. The first-order valence-electron chi connectivity index (χ1n) is 8.58. The average molecular weight is 307 g/mol. The van der Waals surface area contributed by atoms with Gasteiger partial charge in [-0.05, 0) is 37.5 Å². The summed E-state index contributed by atoms with van der Waals surface area (Å²) in [4.78, 5) is 28.8. The van der Waals surface area contributed by atoms with Crippen molar-refractivity contribution in [1.29, 1.82) is 0 Å². The lowest BCUT2D eigenvalue weighted by molar-refractivity contribution is -0.144. The molecule has 0 aromatic rings. The molecule has 0 aromatic carbocycles. The van der Waals surface area contributed by atoms with E-state index in [0.29, 0.717) is 24.5 Å². The van der Waals surface area contributed by atoms with Crippen LogP contribution in [0.25, 0.3) is 0 Å². The summed E-state index contributed by atoms with van der Waals surface area (Å²) in [6, 6.07) is 1.11. The van der Waals surface area contributed by atoms with Crippen LogP contribution in [0, 0.1) is 5.41 Å². The number of nitrogens with zero attached hydrogens (tertiary/aromatic N) is 3. The van der Waals surface area contributed by atoms with Gasteiger partial charge >= 0.3 is 6.09 Å². The molecular formula is C16H25N3O3. The van der Waals surface area contributed by atoms with Gasteiger partial charge in [-0.1, -0.05) is 0 Å². The zero-order chi connectivity index (χ0) is 15.3. The summed E-state index contributed by atoms with van der Waals surface area (Å²) in [6.07, 6.45) is 5.54. The van der Waals surface area contributed by atoms with Crippen LogP contribution in [-0.2, 0) is 4.79 Å². The molecule has 0 radical (unpaired) electrons. The van der Waals surface area contributed by atoms with E-state index < -0.39 is 6.09 Å². The van der Waals surface area contributed by atoms with Crippen LogP contribution in [0.5, 0.6) is 0 Å². The summed E-state index contributed by atoms with van der Waals surface area (Å²) in [5.41, 5.74) is 0.271. The van der Waals surface area contributed by atoms with Gasteiger partial charge in [0.05, 0.1) is 0 Å². The Bertz CT molecular complexity index is 481. The van der Waals surface area contributed by atoms with Crippen molar-refractivity contribution in [3.8, 4) is 0 Å². The molecule has 22 heavy (non-hydrogen) atoms. The van der Waals surface area contributed by atoms with E-state index in [1.807, 2.05) is 0 Å². The quantitative estimate of drug-likeness (QED) is 0.779. The Balaban J connectivity index is 1.25. The zero-order valence-corrected chi connectivity index (χ0v) is 13.0. The van der Waals surface area contributed by atoms with Gasteiger partial charge in [0.2, 0.25) is 5.91 Å². The van der Waals surface area contributed by atoms with Crippen molar-refractivity contribution >= 4 is 12.0 Å². The number of hydrogen-bond donors (Lipinski definition) is 1. The van der Waals surface area contributed by atoms with Gasteiger partial charge in [0.25, 0.3) is 0 Å². The largest absolute Gasteiger partial charge is 0.465 e. The summed E-state index contributed by atoms with van der Waals surface area (Å²) in [5.74, 6) is 0.334. The molecule has 0 atom stereocenters. The van der Waals surface area contributed by atoms with Crippen LogP contribution in [0.15, 0.2) is 0 Å². The number of amides is 2. The van der Waals surface area contributed by atoms with E-state index in [2.05, 4.69) is 9.80 Å². The van der Waals surface area contributed by atoms with E-state index in [4.69, 9.17) is 5.11 Å². The molecule has 0 unspecified atom stereocenters. The van der Waals surface area contributed by atoms with E-state index >= 15 is 0 Å². The highest BCUT2D eigenvalue weighted by molar-refractivity contribution is 5.82. The van der Waals surface area contributed by atoms with Gasteiger partial charge < -0.3 is 19.8 Å². The number of carboxylic acid groups (broad SMARTS) is 1. The predicted octanol–water partition coefficient (Wildman–Crippen LogP) is 1.22. The fourth-order valence-corrected chi connectivity index (χ4v) is 4.91. The molecule has 2 amide bonds. The third-order valence-corrected chi connectivity index (χ3v) is 6.39. The monoisotopic (exact) mass is 307 g/mol. The topological polar surface area (TPSA) is 64.1 Å². The molecule has 4 aliphatic rings. The lowest BCUT2D eigenvalue weighted by Gasteiger charge is -2.52. The molecule has 3 heterocycles. The highest BCUT2D eigenvalue weighted by atomic mass is 16.4. The summed E-state index contributed by atoms with van der Waals surface area (Å²) >= 11 is 0. The fourth-order valence-electron chi connectivity index (χ4n) is 4.91. The minimum absolute atomic E-state index is 0.271.